The molecule has 0 aliphatic heterocycles. The zero-order chi connectivity index (χ0) is 20.4. The van der Waals surface area contributed by atoms with Crippen LogP contribution >= 0.6 is 11.6 Å². The number of carbonyl (C=O) groups is 1. The fourth-order valence-electron chi connectivity index (χ4n) is 3.51. The minimum absolute atomic E-state index is 0.0246. The Balaban J connectivity index is 1.85. The number of nitrogens with zero attached hydrogens (tertiary/aromatic N) is 2. The van der Waals surface area contributed by atoms with E-state index in [1.54, 1.807) is 4.90 Å². The van der Waals surface area contributed by atoms with Crippen molar-refractivity contribution >= 4 is 34.2 Å². The molecule has 146 valence electrons. The zero-order valence-electron chi connectivity index (χ0n) is 17.0. The van der Waals surface area contributed by atoms with E-state index in [1.807, 2.05) is 58.0 Å². The number of nitrogens with one attached hydrogen (secondary N) is 1. The number of rotatable bonds is 4. The van der Waals surface area contributed by atoms with Gasteiger partial charge in [-0.1, -0.05) is 41.4 Å². The van der Waals surface area contributed by atoms with Gasteiger partial charge in [0.15, 0.2) is 0 Å². The van der Waals surface area contributed by atoms with E-state index in [1.165, 1.54) is 5.56 Å². The van der Waals surface area contributed by atoms with Crippen molar-refractivity contribution in [3.8, 4) is 0 Å². The first-order valence-electron chi connectivity index (χ1n) is 9.47. The van der Waals surface area contributed by atoms with Crippen molar-refractivity contribution in [1.82, 2.24) is 10.3 Å². The number of carbonyl (C=O) groups excluding carboxylic acids is 1. The first-order valence-corrected chi connectivity index (χ1v) is 9.84. The number of hydrogen-bond donors (Lipinski definition) is 1. The van der Waals surface area contributed by atoms with Crippen LogP contribution in [-0.2, 0) is 6.54 Å². The molecule has 0 radical (unpaired) electrons. The summed E-state index contributed by atoms with van der Waals surface area (Å²) in [5.74, 6) is 0. The van der Waals surface area contributed by atoms with Crippen LogP contribution in [0.25, 0.3) is 10.9 Å². The Morgan fingerprint density at radius 2 is 1.82 bits per heavy atom. The molecule has 1 N–H and O–H groups in total. The van der Waals surface area contributed by atoms with E-state index in [0.29, 0.717) is 11.7 Å². The minimum Gasteiger partial charge on any atom is -0.333 e. The van der Waals surface area contributed by atoms with Gasteiger partial charge in [-0.25, -0.2) is 9.78 Å². The van der Waals surface area contributed by atoms with Gasteiger partial charge in [0.1, 0.15) is 5.15 Å². The smallest absolute Gasteiger partial charge is 0.322 e. The Morgan fingerprint density at radius 1 is 1.11 bits per heavy atom. The molecule has 4 nitrogen and oxygen atoms in total. The number of hydrogen-bond acceptors (Lipinski definition) is 2. The number of anilines is 1. The van der Waals surface area contributed by atoms with Gasteiger partial charge in [0.25, 0.3) is 0 Å². The van der Waals surface area contributed by atoms with Crippen molar-refractivity contribution in [2.24, 2.45) is 0 Å². The Hall–Kier alpha value is -2.59. The summed E-state index contributed by atoms with van der Waals surface area (Å²) < 4.78 is 0. The average Bonchev–Trinajstić information content (AvgIpc) is 2.62. The second-order valence-electron chi connectivity index (χ2n) is 7.50. The second-order valence-corrected chi connectivity index (χ2v) is 7.86. The number of pyridine rings is 1. The summed E-state index contributed by atoms with van der Waals surface area (Å²) >= 11 is 6.41. The lowest BCUT2D eigenvalue weighted by Gasteiger charge is -2.28. The fraction of sp³-hybridized carbons (Fsp3) is 0.304. The van der Waals surface area contributed by atoms with Crippen LogP contribution in [0.2, 0.25) is 5.15 Å². The molecule has 28 heavy (non-hydrogen) atoms. The highest BCUT2D eigenvalue weighted by Gasteiger charge is 2.20. The normalized spacial score (nSPS) is 11.1. The van der Waals surface area contributed by atoms with Gasteiger partial charge < -0.3 is 5.32 Å². The van der Waals surface area contributed by atoms with Crippen molar-refractivity contribution in [2.75, 3.05) is 4.90 Å². The van der Waals surface area contributed by atoms with Crippen molar-refractivity contribution < 1.29 is 4.79 Å². The van der Waals surface area contributed by atoms with Crippen LogP contribution in [-0.4, -0.2) is 17.1 Å². The van der Waals surface area contributed by atoms with Crippen LogP contribution < -0.4 is 10.2 Å². The second kappa shape index (κ2) is 8.19. The molecule has 5 heteroatoms. The van der Waals surface area contributed by atoms with Gasteiger partial charge in [0.2, 0.25) is 0 Å². The van der Waals surface area contributed by atoms with Crippen LogP contribution in [0.1, 0.15) is 36.1 Å². The molecule has 0 atom stereocenters. The summed E-state index contributed by atoms with van der Waals surface area (Å²) in [5, 5.41) is 4.46. The largest absolute Gasteiger partial charge is 0.333 e. The first kappa shape index (κ1) is 20.2. The quantitative estimate of drug-likeness (QED) is 0.555. The highest BCUT2D eigenvalue weighted by Crippen LogP contribution is 2.25. The molecule has 0 saturated heterocycles. The van der Waals surface area contributed by atoms with E-state index in [-0.39, 0.29) is 12.1 Å². The van der Waals surface area contributed by atoms with Gasteiger partial charge in [0.05, 0.1) is 5.52 Å². The molecule has 0 saturated carbocycles. The molecule has 2 aromatic carbocycles. The summed E-state index contributed by atoms with van der Waals surface area (Å²) in [6.45, 7) is 10.4. The maximum absolute atomic E-state index is 12.9. The van der Waals surface area contributed by atoms with Crippen molar-refractivity contribution in [2.45, 2.75) is 47.2 Å². The summed E-state index contributed by atoms with van der Waals surface area (Å²) in [4.78, 5) is 19.3. The Labute approximate surface area is 171 Å². The van der Waals surface area contributed by atoms with Crippen LogP contribution in [0.3, 0.4) is 0 Å². The summed E-state index contributed by atoms with van der Waals surface area (Å²) in [5.41, 5.74) is 5.94. The Bertz CT molecular complexity index is 1030. The number of fused-ring (bicyclic) bond motifs is 1. The maximum atomic E-state index is 12.9. The zero-order valence-corrected chi connectivity index (χ0v) is 17.8. The molecule has 0 aliphatic carbocycles. The van der Waals surface area contributed by atoms with Gasteiger partial charge in [-0.05, 0) is 63.9 Å². The topological polar surface area (TPSA) is 45.2 Å². The maximum Gasteiger partial charge on any atom is 0.322 e. The molecule has 0 spiro atoms. The highest BCUT2D eigenvalue weighted by atomic mass is 35.5. The molecular weight excluding hydrogens is 370 g/mol. The lowest BCUT2D eigenvalue weighted by atomic mass is 10.1. The lowest BCUT2D eigenvalue weighted by molar-refractivity contribution is 0.244. The number of urea groups is 1. The lowest BCUT2D eigenvalue weighted by Crippen LogP contribution is -2.44. The van der Waals surface area contributed by atoms with Gasteiger partial charge in [-0.2, -0.15) is 0 Å². The average molecular weight is 396 g/mol. The Kier molecular flexibility index (Phi) is 5.90. The number of amides is 2. The molecule has 0 unspecified atom stereocenters. The predicted octanol–water partition coefficient (Wildman–Crippen LogP) is 5.94. The van der Waals surface area contributed by atoms with Crippen LogP contribution in [0.5, 0.6) is 0 Å². The molecule has 0 bridgehead atoms. The molecule has 0 fully saturated rings. The molecule has 3 rings (SSSR count). The van der Waals surface area contributed by atoms with Crippen LogP contribution in [0.4, 0.5) is 10.5 Å². The number of aromatic nitrogens is 1. The van der Waals surface area contributed by atoms with Gasteiger partial charge in [-0.3, -0.25) is 4.90 Å². The fourth-order valence-corrected chi connectivity index (χ4v) is 3.71. The van der Waals surface area contributed by atoms with Crippen molar-refractivity contribution in [3.63, 3.8) is 0 Å². The first-order chi connectivity index (χ1) is 13.3. The van der Waals surface area contributed by atoms with E-state index in [0.717, 1.165) is 33.3 Å². The van der Waals surface area contributed by atoms with Crippen molar-refractivity contribution in [3.05, 3.63) is 69.9 Å². The van der Waals surface area contributed by atoms with E-state index in [4.69, 9.17) is 11.6 Å². The van der Waals surface area contributed by atoms with Gasteiger partial charge in [0, 0.05) is 29.2 Å². The summed E-state index contributed by atoms with van der Waals surface area (Å²) in [6, 6.07) is 14.0. The molecular formula is C23H26ClN3O. The number of aryl methyl sites for hydroxylation is 3. The Morgan fingerprint density at radius 3 is 2.50 bits per heavy atom. The third kappa shape index (κ3) is 4.12. The standard InChI is InChI=1S/C23H26ClN3O/c1-14(2)27(20-9-7-6-8-16(20)4)23(28)25-13-19-12-18-11-15(3)10-17(5)21(18)26-22(19)24/h6-12,14H,13H2,1-5H3,(H,25,28). The third-order valence-corrected chi connectivity index (χ3v) is 5.15. The molecule has 0 aliphatic rings. The highest BCUT2D eigenvalue weighted by molar-refractivity contribution is 6.30. The van der Waals surface area contributed by atoms with Gasteiger partial charge >= 0.3 is 6.03 Å². The molecule has 1 heterocycles. The van der Waals surface area contributed by atoms with Crippen molar-refractivity contribution in [1.29, 1.82) is 0 Å². The van der Waals surface area contributed by atoms with E-state index in [9.17, 15) is 4.79 Å². The molecule has 3 aromatic rings. The number of para-hydroxylation sites is 1. The predicted molar refractivity (Wildman–Crippen MR) is 117 cm³/mol. The number of halogens is 1. The molecule has 1 aromatic heterocycles. The van der Waals surface area contributed by atoms with Crippen LogP contribution in [0.15, 0.2) is 42.5 Å². The summed E-state index contributed by atoms with van der Waals surface area (Å²) in [7, 11) is 0. The van der Waals surface area contributed by atoms with Crippen LogP contribution in [0, 0.1) is 20.8 Å². The minimum atomic E-state index is -0.152. The van der Waals surface area contributed by atoms with E-state index < -0.39 is 0 Å². The van der Waals surface area contributed by atoms with E-state index >= 15 is 0 Å². The third-order valence-electron chi connectivity index (χ3n) is 4.82. The monoisotopic (exact) mass is 395 g/mol. The SMILES string of the molecule is Cc1cc(C)c2nc(Cl)c(CNC(=O)N(c3ccccc3C)C(C)C)cc2c1. The molecule has 2 amide bonds. The van der Waals surface area contributed by atoms with Gasteiger partial charge in [-0.15, -0.1) is 0 Å². The number of benzene rings is 2. The van der Waals surface area contributed by atoms with E-state index in [2.05, 4.69) is 29.4 Å². The summed E-state index contributed by atoms with van der Waals surface area (Å²) in [6.07, 6.45) is 0.